The van der Waals surface area contributed by atoms with E-state index in [2.05, 4.69) is 14.8 Å². The van der Waals surface area contributed by atoms with E-state index in [0.29, 0.717) is 56.1 Å². The minimum absolute atomic E-state index is 0.0335. The van der Waals surface area contributed by atoms with Crippen molar-refractivity contribution in [3.63, 3.8) is 0 Å². The standard InChI is InChI=1S/C19H22N4O5/c24-7-1-2-16-20-21-17-9-28-19(11-23(16)17)5-6-22(10-19)18(25)13-3-4-14-15(8-13)27-12-26-14/h3-4,8,24H,1-2,5-7,9-12H2. The maximum atomic E-state index is 13.0. The van der Waals surface area contributed by atoms with Crippen LogP contribution in [-0.4, -0.2) is 62.8 Å². The second-order valence-corrected chi connectivity index (χ2v) is 7.46. The molecule has 1 amide bonds. The lowest BCUT2D eigenvalue weighted by Gasteiger charge is -2.34. The molecule has 1 aromatic heterocycles. The van der Waals surface area contributed by atoms with Crippen molar-refractivity contribution in [3.05, 3.63) is 35.4 Å². The first kappa shape index (κ1) is 17.4. The van der Waals surface area contributed by atoms with Crippen LogP contribution in [0.3, 0.4) is 0 Å². The van der Waals surface area contributed by atoms with Crippen LogP contribution in [0, 0.1) is 0 Å². The van der Waals surface area contributed by atoms with Gasteiger partial charge < -0.3 is 28.8 Å². The molecule has 1 fully saturated rings. The molecule has 0 aliphatic carbocycles. The molecule has 0 bridgehead atoms. The maximum absolute atomic E-state index is 13.0. The molecule has 1 spiro atoms. The minimum Gasteiger partial charge on any atom is -0.454 e. The summed E-state index contributed by atoms with van der Waals surface area (Å²) >= 11 is 0. The van der Waals surface area contributed by atoms with Crippen molar-refractivity contribution < 1.29 is 24.1 Å². The summed E-state index contributed by atoms with van der Waals surface area (Å²) < 4.78 is 18.9. The normalized spacial score (nSPS) is 22.7. The molecule has 1 N–H and O–H groups in total. The highest BCUT2D eigenvalue weighted by molar-refractivity contribution is 5.95. The van der Waals surface area contributed by atoms with E-state index in [0.717, 1.165) is 18.1 Å². The van der Waals surface area contributed by atoms with Gasteiger partial charge in [-0.05, 0) is 31.0 Å². The predicted octanol–water partition coefficient (Wildman–Crippen LogP) is 0.747. The first-order chi connectivity index (χ1) is 13.7. The van der Waals surface area contributed by atoms with Crippen LogP contribution in [0.15, 0.2) is 18.2 Å². The van der Waals surface area contributed by atoms with Crippen molar-refractivity contribution in [1.82, 2.24) is 19.7 Å². The fourth-order valence-corrected chi connectivity index (χ4v) is 4.11. The highest BCUT2D eigenvalue weighted by Crippen LogP contribution is 2.36. The number of likely N-dealkylation sites (tertiary alicyclic amines) is 1. The number of fused-ring (bicyclic) bond motifs is 2. The second kappa shape index (κ2) is 6.75. The number of amides is 1. The summed E-state index contributed by atoms with van der Waals surface area (Å²) in [5.41, 5.74) is 0.167. The Morgan fingerprint density at radius 1 is 1.21 bits per heavy atom. The van der Waals surface area contributed by atoms with E-state index in [1.165, 1.54) is 0 Å². The Bertz CT molecular complexity index is 914. The zero-order valence-corrected chi connectivity index (χ0v) is 15.5. The predicted molar refractivity (Wildman–Crippen MR) is 96.0 cm³/mol. The molecule has 1 saturated heterocycles. The lowest BCUT2D eigenvalue weighted by Crippen LogP contribution is -2.45. The quantitative estimate of drug-likeness (QED) is 0.828. The molecule has 4 heterocycles. The van der Waals surface area contributed by atoms with Crippen LogP contribution in [0.1, 0.15) is 34.8 Å². The van der Waals surface area contributed by atoms with Crippen LogP contribution < -0.4 is 9.47 Å². The Morgan fingerprint density at radius 3 is 3.00 bits per heavy atom. The molecule has 148 valence electrons. The third-order valence-corrected chi connectivity index (χ3v) is 5.64. The Kier molecular flexibility index (Phi) is 4.21. The average Bonchev–Trinajstić information content (AvgIpc) is 3.44. The van der Waals surface area contributed by atoms with E-state index >= 15 is 0 Å². The molecule has 9 nitrogen and oxygen atoms in total. The average molecular weight is 386 g/mol. The molecule has 2 aromatic rings. The summed E-state index contributed by atoms with van der Waals surface area (Å²) in [7, 11) is 0. The van der Waals surface area contributed by atoms with E-state index in [4.69, 9.17) is 19.3 Å². The smallest absolute Gasteiger partial charge is 0.254 e. The molecule has 28 heavy (non-hydrogen) atoms. The molecule has 9 heteroatoms. The Balaban J connectivity index is 1.32. The molecule has 0 radical (unpaired) electrons. The maximum Gasteiger partial charge on any atom is 0.254 e. The number of aliphatic hydroxyl groups is 1. The largest absolute Gasteiger partial charge is 0.454 e. The van der Waals surface area contributed by atoms with Gasteiger partial charge in [0.15, 0.2) is 17.3 Å². The van der Waals surface area contributed by atoms with Crippen LogP contribution in [0.5, 0.6) is 11.5 Å². The zero-order chi connectivity index (χ0) is 19.1. The highest BCUT2D eigenvalue weighted by Gasteiger charge is 2.45. The van der Waals surface area contributed by atoms with Crippen LogP contribution >= 0.6 is 0 Å². The van der Waals surface area contributed by atoms with Gasteiger partial charge in [-0.2, -0.15) is 0 Å². The van der Waals surface area contributed by atoms with Crippen molar-refractivity contribution in [2.24, 2.45) is 0 Å². The number of hydrogen-bond donors (Lipinski definition) is 1. The van der Waals surface area contributed by atoms with Gasteiger partial charge in [0, 0.05) is 25.1 Å². The van der Waals surface area contributed by atoms with Crippen molar-refractivity contribution in [3.8, 4) is 11.5 Å². The first-order valence-corrected chi connectivity index (χ1v) is 9.52. The number of benzene rings is 1. The van der Waals surface area contributed by atoms with E-state index < -0.39 is 5.60 Å². The van der Waals surface area contributed by atoms with Crippen LogP contribution in [0.2, 0.25) is 0 Å². The lowest BCUT2D eigenvalue weighted by atomic mass is 10.0. The molecular weight excluding hydrogens is 364 g/mol. The number of hydrogen-bond acceptors (Lipinski definition) is 7. The Hall–Kier alpha value is -2.65. The molecule has 5 rings (SSSR count). The third-order valence-electron chi connectivity index (χ3n) is 5.64. The highest BCUT2D eigenvalue weighted by atomic mass is 16.7. The Morgan fingerprint density at radius 2 is 2.11 bits per heavy atom. The fourth-order valence-electron chi connectivity index (χ4n) is 4.11. The van der Waals surface area contributed by atoms with E-state index in [9.17, 15) is 4.79 Å². The van der Waals surface area contributed by atoms with Crippen molar-refractivity contribution in [2.45, 2.75) is 38.0 Å². The van der Waals surface area contributed by atoms with Gasteiger partial charge in [0.2, 0.25) is 6.79 Å². The minimum atomic E-state index is -0.421. The Labute approximate surface area is 161 Å². The van der Waals surface area contributed by atoms with Crippen LogP contribution in [0.4, 0.5) is 0 Å². The number of rotatable bonds is 4. The zero-order valence-electron chi connectivity index (χ0n) is 15.5. The molecular formula is C19H22N4O5. The van der Waals surface area contributed by atoms with Gasteiger partial charge in [-0.3, -0.25) is 4.79 Å². The number of nitrogens with zero attached hydrogens (tertiary/aromatic N) is 4. The number of ether oxygens (including phenoxy) is 3. The van der Waals surface area contributed by atoms with Crippen LogP contribution in [0.25, 0.3) is 0 Å². The number of aliphatic hydroxyl groups excluding tert-OH is 1. The first-order valence-electron chi connectivity index (χ1n) is 9.52. The van der Waals surface area contributed by atoms with Crippen molar-refractivity contribution >= 4 is 5.91 Å². The van der Waals surface area contributed by atoms with Gasteiger partial charge in [-0.15, -0.1) is 10.2 Å². The molecule has 0 saturated carbocycles. The summed E-state index contributed by atoms with van der Waals surface area (Å²) in [4.78, 5) is 14.8. The van der Waals surface area contributed by atoms with Gasteiger partial charge in [0.05, 0.1) is 13.1 Å². The molecule has 3 aliphatic rings. The van der Waals surface area contributed by atoms with E-state index in [1.54, 1.807) is 18.2 Å². The number of carbonyl (C=O) groups excluding carboxylic acids is 1. The topological polar surface area (TPSA) is 98.9 Å². The summed E-state index contributed by atoms with van der Waals surface area (Å²) in [6.07, 6.45) is 2.10. The molecule has 1 aromatic carbocycles. The number of aromatic nitrogens is 3. The van der Waals surface area contributed by atoms with Gasteiger partial charge in [0.1, 0.15) is 18.0 Å². The van der Waals surface area contributed by atoms with Gasteiger partial charge in [-0.25, -0.2) is 0 Å². The third kappa shape index (κ3) is 2.91. The molecule has 1 atom stereocenters. The number of aryl methyl sites for hydroxylation is 1. The summed E-state index contributed by atoms with van der Waals surface area (Å²) in [5, 5.41) is 17.5. The second-order valence-electron chi connectivity index (χ2n) is 7.46. The summed E-state index contributed by atoms with van der Waals surface area (Å²) in [5.74, 6) is 2.91. The molecule has 3 aliphatic heterocycles. The van der Waals surface area contributed by atoms with E-state index in [1.807, 2.05) is 4.90 Å². The van der Waals surface area contributed by atoms with Crippen LogP contribution in [-0.2, 0) is 24.3 Å². The van der Waals surface area contributed by atoms with E-state index in [-0.39, 0.29) is 19.3 Å². The number of carbonyl (C=O) groups is 1. The fraction of sp³-hybridized carbons (Fsp3) is 0.526. The van der Waals surface area contributed by atoms with Crippen molar-refractivity contribution in [2.75, 3.05) is 26.5 Å². The molecule has 1 unspecified atom stereocenters. The monoisotopic (exact) mass is 386 g/mol. The van der Waals surface area contributed by atoms with Gasteiger partial charge >= 0.3 is 0 Å². The lowest BCUT2D eigenvalue weighted by molar-refractivity contribution is -0.0815. The van der Waals surface area contributed by atoms with Gasteiger partial charge in [0.25, 0.3) is 5.91 Å². The van der Waals surface area contributed by atoms with Gasteiger partial charge in [-0.1, -0.05) is 0 Å². The SMILES string of the molecule is O=C(c1ccc2c(c1)OCO2)N1CCC2(C1)Cn1c(CCCO)nnc1CO2. The van der Waals surface area contributed by atoms with Crippen molar-refractivity contribution in [1.29, 1.82) is 0 Å². The summed E-state index contributed by atoms with van der Waals surface area (Å²) in [6, 6.07) is 5.28. The summed E-state index contributed by atoms with van der Waals surface area (Å²) in [6.45, 7) is 2.49.